The fourth-order valence-corrected chi connectivity index (χ4v) is 3.91. The Kier molecular flexibility index (Phi) is 1.70. The summed E-state index contributed by atoms with van der Waals surface area (Å²) >= 11 is 5.47. The van der Waals surface area contributed by atoms with Gasteiger partial charge in [-0.15, -0.1) is 23.5 Å². The standard InChI is InChI=1S/C5H5NS3/c1-2-8-5-4(7-1)3-6-9-5/h3H,1-2H2. The van der Waals surface area contributed by atoms with Crippen LogP contribution in [-0.4, -0.2) is 15.9 Å². The molecule has 0 unspecified atom stereocenters. The van der Waals surface area contributed by atoms with Crippen LogP contribution in [0.2, 0.25) is 0 Å². The molecule has 0 fully saturated rings. The lowest BCUT2D eigenvalue weighted by atomic mass is 10.8. The normalized spacial score (nSPS) is 17.3. The summed E-state index contributed by atoms with van der Waals surface area (Å²) in [7, 11) is 0. The summed E-state index contributed by atoms with van der Waals surface area (Å²) in [6.07, 6.45) is 1.97. The maximum absolute atomic E-state index is 4.10. The Hall–Kier alpha value is 0.330. The molecule has 0 N–H and O–H groups in total. The van der Waals surface area contributed by atoms with Crippen molar-refractivity contribution in [3.8, 4) is 0 Å². The van der Waals surface area contributed by atoms with Crippen LogP contribution < -0.4 is 0 Å². The van der Waals surface area contributed by atoms with Gasteiger partial charge in [0, 0.05) is 11.5 Å². The lowest BCUT2D eigenvalue weighted by Crippen LogP contribution is -1.88. The summed E-state index contributed by atoms with van der Waals surface area (Å²) in [4.78, 5) is 1.39. The molecule has 1 aliphatic heterocycles. The molecule has 1 aliphatic rings. The Morgan fingerprint density at radius 3 is 3.11 bits per heavy atom. The van der Waals surface area contributed by atoms with Crippen LogP contribution in [0.5, 0.6) is 0 Å². The summed E-state index contributed by atoms with van der Waals surface area (Å²) in [6.45, 7) is 0. The number of hydrogen-bond acceptors (Lipinski definition) is 4. The van der Waals surface area contributed by atoms with E-state index in [9.17, 15) is 0 Å². The molecule has 0 saturated heterocycles. The van der Waals surface area contributed by atoms with Crippen molar-refractivity contribution >= 4 is 35.1 Å². The van der Waals surface area contributed by atoms with Gasteiger partial charge in [0.1, 0.15) is 0 Å². The fraction of sp³-hybridized carbons (Fsp3) is 0.400. The number of rotatable bonds is 0. The zero-order valence-electron chi connectivity index (χ0n) is 4.66. The first-order valence-electron chi connectivity index (χ1n) is 2.67. The van der Waals surface area contributed by atoms with Crippen LogP contribution in [0.4, 0.5) is 0 Å². The number of thioether (sulfide) groups is 2. The van der Waals surface area contributed by atoms with Gasteiger partial charge in [-0.05, 0) is 11.5 Å². The Labute approximate surface area is 66.4 Å². The number of nitrogens with zero attached hydrogens (tertiary/aromatic N) is 1. The zero-order valence-corrected chi connectivity index (χ0v) is 7.11. The molecule has 48 valence electrons. The average molecular weight is 175 g/mol. The lowest BCUT2D eigenvalue weighted by Gasteiger charge is -2.06. The highest BCUT2D eigenvalue weighted by Crippen LogP contribution is 2.38. The third kappa shape index (κ3) is 1.11. The molecule has 0 atom stereocenters. The average Bonchev–Trinajstić information content (AvgIpc) is 2.33. The van der Waals surface area contributed by atoms with E-state index >= 15 is 0 Å². The molecule has 0 spiro atoms. The first kappa shape index (κ1) is 6.07. The third-order valence-corrected chi connectivity index (χ3v) is 4.69. The maximum atomic E-state index is 4.10. The van der Waals surface area contributed by atoms with Crippen molar-refractivity contribution in [1.29, 1.82) is 0 Å². The van der Waals surface area contributed by atoms with Gasteiger partial charge in [-0.25, -0.2) is 0 Å². The third-order valence-electron chi connectivity index (χ3n) is 1.08. The number of aromatic nitrogens is 1. The predicted molar refractivity (Wildman–Crippen MR) is 43.6 cm³/mol. The monoisotopic (exact) mass is 175 g/mol. The predicted octanol–water partition coefficient (Wildman–Crippen LogP) is 2.34. The molecule has 0 aromatic carbocycles. The Morgan fingerprint density at radius 2 is 2.22 bits per heavy atom. The molecular formula is C5H5NS3. The van der Waals surface area contributed by atoms with Gasteiger partial charge < -0.3 is 0 Å². The molecule has 1 nitrogen and oxygen atoms in total. The zero-order chi connectivity index (χ0) is 6.10. The van der Waals surface area contributed by atoms with Crippen LogP contribution in [0.3, 0.4) is 0 Å². The van der Waals surface area contributed by atoms with Gasteiger partial charge >= 0.3 is 0 Å². The van der Waals surface area contributed by atoms with Gasteiger partial charge in [0.2, 0.25) is 0 Å². The van der Waals surface area contributed by atoms with Crippen molar-refractivity contribution in [2.24, 2.45) is 0 Å². The van der Waals surface area contributed by atoms with Gasteiger partial charge in [-0.3, -0.25) is 0 Å². The van der Waals surface area contributed by atoms with E-state index in [1.165, 1.54) is 20.6 Å². The minimum Gasteiger partial charge on any atom is -0.199 e. The van der Waals surface area contributed by atoms with Crippen LogP contribution in [0.1, 0.15) is 0 Å². The van der Waals surface area contributed by atoms with Gasteiger partial charge in [0.05, 0.1) is 15.3 Å². The van der Waals surface area contributed by atoms with E-state index in [-0.39, 0.29) is 0 Å². The molecule has 0 bridgehead atoms. The minimum atomic E-state index is 1.25. The van der Waals surface area contributed by atoms with E-state index in [4.69, 9.17) is 0 Å². The topological polar surface area (TPSA) is 12.9 Å². The van der Waals surface area contributed by atoms with Gasteiger partial charge in [-0.1, -0.05) is 0 Å². The number of hydrogen-bond donors (Lipinski definition) is 0. The smallest absolute Gasteiger partial charge is 0.0942 e. The van der Waals surface area contributed by atoms with Crippen molar-refractivity contribution in [3.05, 3.63) is 6.20 Å². The molecule has 1 aromatic heterocycles. The highest BCUT2D eigenvalue weighted by atomic mass is 32.2. The first-order valence-corrected chi connectivity index (χ1v) is 5.41. The van der Waals surface area contributed by atoms with E-state index in [1.54, 1.807) is 11.5 Å². The van der Waals surface area contributed by atoms with Crippen LogP contribution >= 0.6 is 35.1 Å². The van der Waals surface area contributed by atoms with Crippen molar-refractivity contribution in [3.63, 3.8) is 0 Å². The Morgan fingerprint density at radius 1 is 1.33 bits per heavy atom. The number of fused-ring (bicyclic) bond motifs is 1. The van der Waals surface area contributed by atoms with Crippen molar-refractivity contribution < 1.29 is 0 Å². The quantitative estimate of drug-likeness (QED) is 0.600. The van der Waals surface area contributed by atoms with Gasteiger partial charge in [-0.2, -0.15) is 4.37 Å². The second-order valence-electron chi connectivity index (χ2n) is 1.67. The molecule has 0 amide bonds. The second kappa shape index (κ2) is 2.52. The SMILES string of the molecule is c1nsc2c1SCCS2. The van der Waals surface area contributed by atoms with E-state index < -0.39 is 0 Å². The van der Waals surface area contributed by atoms with Crippen molar-refractivity contribution in [1.82, 2.24) is 4.37 Å². The fourth-order valence-electron chi connectivity index (χ4n) is 0.699. The van der Waals surface area contributed by atoms with Gasteiger partial charge in [0.15, 0.2) is 0 Å². The maximum Gasteiger partial charge on any atom is 0.0942 e. The molecule has 0 saturated carbocycles. The summed E-state index contributed by atoms with van der Waals surface area (Å²) in [6, 6.07) is 0. The summed E-state index contributed by atoms with van der Waals surface area (Å²) in [5.41, 5.74) is 0. The van der Waals surface area contributed by atoms with Crippen molar-refractivity contribution in [2.45, 2.75) is 9.10 Å². The highest BCUT2D eigenvalue weighted by molar-refractivity contribution is 8.06. The summed E-state index contributed by atoms with van der Waals surface area (Å²) in [5.74, 6) is 2.50. The summed E-state index contributed by atoms with van der Waals surface area (Å²) < 4.78 is 5.51. The molecule has 1 aromatic rings. The molecule has 2 heterocycles. The van der Waals surface area contributed by atoms with Crippen LogP contribution in [0.25, 0.3) is 0 Å². The Balaban J connectivity index is 2.39. The van der Waals surface area contributed by atoms with E-state index in [1.807, 2.05) is 29.7 Å². The van der Waals surface area contributed by atoms with E-state index in [0.717, 1.165) is 0 Å². The molecule has 0 aliphatic carbocycles. The van der Waals surface area contributed by atoms with Crippen LogP contribution in [-0.2, 0) is 0 Å². The summed E-state index contributed by atoms with van der Waals surface area (Å²) in [5, 5.41) is 0. The minimum absolute atomic E-state index is 1.25. The molecule has 4 heteroatoms. The highest BCUT2D eigenvalue weighted by Gasteiger charge is 2.11. The van der Waals surface area contributed by atoms with E-state index in [2.05, 4.69) is 4.37 Å². The van der Waals surface area contributed by atoms with Gasteiger partial charge in [0.25, 0.3) is 0 Å². The van der Waals surface area contributed by atoms with Crippen LogP contribution in [0.15, 0.2) is 15.3 Å². The molecular weight excluding hydrogens is 170 g/mol. The molecule has 2 rings (SSSR count). The second-order valence-corrected chi connectivity index (χ2v) is 4.98. The Bertz CT molecular complexity index is 187. The first-order chi connectivity index (χ1) is 4.47. The van der Waals surface area contributed by atoms with E-state index in [0.29, 0.717) is 0 Å². The largest absolute Gasteiger partial charge is 0.199 e. The van der Waals surface area contributed by atoms with Crippen LogP contribution in [0, 0.1) is 0 Å². The lowest BCUT2D eigenvalue weighted by molar-refractivity contribution is 1.31. The van der Waals surface area contributed by atoms with Crippen molar-refractivity contribution in [2.75, 3.05) is 11.5 Å². The molecule has 9 heavy (non-hydrogen) atoms. The molecule has 0 radical (unpaired) electrons.